The average Bonchev–Trinajstić information content (AvgIpc) is 4.27. The van der Waals surface area contributed by atoms with Crippen LogP contribution < -0.4 is 20.4 Å². The number of aromatic nitrogens is 4. The van der Waals surface area contributed by atoms with E-state index < -0.39 is 35.9 Å². The molecule has 5 N–H and O–H groups in total. The van der Waals surface area contributed by atoms with E-state index in [0.717, 1.165) is 59.8 Å². The van der Waals surface area contributed by atoms with E-state index in [0.29, 0.717) is 80.6 Å². The molecule has 10 rings (SSSR count). The third-order valence-electron chi connectivity index (χ3n) is 16.1. The van der Waals surface area contributed by atoms with E-state index in [2.05, 4.69) is 43.7 Å². The number of likely N-dealkylation sites (tertiary alicyclic amines) is 2. The highest BCUT2D eigenvalue weighted by Gasteiger charge is 2.41. The van der Waals surface area contributed by atoms with Crippen molar-refractivity contribution in [2.45, 2.75) is 122 Å². The Morgan fingerprint density at radius 3 is 1.65 bits per heavy atom. The number of carbonyl (C=O) groups excluding carboxylic acids is 3. The molecule has 0 spiro atoms. The highest BCUT2D eigenvalue weighted by Crippen LogP contribution is 2.49. The summed E-state index contributed by atoms with van der Waals surface area (Å²) in [6.07, 6.45) is 4.88. The Bertz CT molecular complexity index is 3040. The van der Waals surface area contributed by atoms with Crippen LogP contribution in [0.1, 0.15) is 132 Å². The lowest BCUT2D eigenvalue weighted by Crippen LogP contribution is -2.51. The Labute approximate surface area is 435 Å². The van der Waals surface area contributed by atoms with Crippen molar-refractivity contribution in [3.05, 3.63) is 119 Å². The monoisotopic (exact) mass is 1030 g/mol. The van der Waals surface area contributed by atoms with Gasteiger partial charge in [0.25, 0.3) is 0 Å². The van der Waals surface area contributed by atoms with Gasteiger partial charge >= 0.3 is 12.2 Å². The number of ether oxygens (including phenoxy) is 1. The van der Waals surface area contributed by atoms with Gasteiger partial charge in [0, 0.05) is 31.9 Å². The first kappa shape index (κ1) is 51.3. The van der Waals surface area contributed by atoms with Crippen molar-refractivity contribution in [2.75, 3.05) is 43.1 Å². The first-order chi connectivity index (χ1) is 36.1. The molecule has 2 aromatic heterocycles. The zero-order valence-electron chi connectivity index (χ0n) is 43.3. The summed E-state index contributed by atoms with van der Waals surface area (Å²) in [5, 5.41) is 14.6. The predicted octanol–water partition coefficient (Wildman–Crippen LogP) is 10.3. The SMILES string of the molecule is COC(=O)N[C@H](C(=O)N1CCC[C@H]1c1nc2ccc([C@H]3CC[C@H](c4ccc5nc([C@@H]6CCCN6C(=O)[C@@H](NC(=O)O)C(C)C)[nH]c5c4)N3c3cc(F)c(N4CCC(Cc5ccccc5)CC4)c(F)c3)cc2[nH]1)C(C)C. The molecule has 4 aliphatic rings. The van der Waals surface area contributed by atoms with E-state index in [4.69, 9.17) is 14.7 Å². The molecule has 0 bridgehead atoms. The van der Waals surface area contributed by atoms with E-state index in [1.807, 2.05) is 81.1 Å². The first-order valence-corrected chi connectivity index (χ1v) is 26.7. The standard InChI is InChI=1S/C57H68F2N10O6/c1-32(2)49(64-56(72)73)54(70)67-23-9-13-47(67)52-60-41-17-15-36(28-43(41)62-52)45-19-20-46(69(45)38-30-39(58)51(40(59)31-38)66-25-21-35(22-26-66)27-34-11-7-6-8-12-34)37-16-18-42-44(29-37)63-53(61-42)48-14-10-24-68(48)55(71)50(33(3)4)65-57(74)75-5/h6-8,11-12,15-18,28-33,35,45-50,64H,9-10,13-14,19-27H2,1-5H3,(H,60,62)(H,61,63)(H,65,74)(H,72,73)/t45-,46-,47+,48+,49+,50+/m1/s1. The number of imidazole rings is 2. The van der Waals surface area contributed by atoms with E-state index in [1.54, 1.807) is 9.80 Å². The molecule has 6 atom stereocenters. The molecule has 4 aliphatic heterocycles. The Hall–Kier alpha value is -7.24. The normalized spacial score (nSPS) is 21.2. The van der Waals surface area contributed by atoms with Crippen molar-refractivity contribution in [1.82, 2.24) is 40.4 Å². The van der Waals surface area contributed by atoms with Crippen molar-refractivity contribution in [3.63, 3.8) is 0 Å². The minimum Gasteiger partial charge on any atom is -0.465 e. The van der Waals surface area contributed by atoms with Gasteiger partial charge in [-0.2, -0.15) is 0 Å². The van der Waals surface area contributed by atoms with Crippen molar-refractivity contribution in [3.8, 4) is 0 Å². The van der Waals surface area contributed by atoms with E-state index in [-0.39, 0.29) is 53.5 Å². The molecule has 18 heteroatoms. The summed E-state index contributed by atoms with van der Waals surface area (Å²) in [5.74, 6) is -0.443. The van der Waals surface area contributed by atoms with Crippen LogP contribution >= 0.6 is 0 Å². The topological polar surface area (TPSA) is 192 Å². The fourth-order valence-corrected chi connectivity index (χ4v) is 12.3. The number of rotatable bonds is 14. The zero-order valence-corrected chi connectivity index (χ0v) is 43.3. The van der Waals surface area contributed by atoms with Crippen LogP contribution in [0.25, 0.3) is 22.1 Å². The number of piperidine rings is 1. The highest BCUT2D eigenvalue weighted by molar-refractivity contribution is 5.87. The first-order valence-electron chi connectivity index (χ1n) is 26.7. The second kappa shape index (κ2) is 21.5. The second-order valence-corrected chi connectivity index (χ2v) is 21.6. The van der Waals surface area contributed by atoms with Crippen LogP contribution in [0.2, 0.25) is 0 Å². The molecule has 0 aliphatic carbocycles. The van der Waals surface area contributed by atoms with Crippen molar-refractivity contribution in [2.24, 2.45) is 17.8 Å². The molecule has 6 heterocycles. The maximum atomic E-state index is 16.8. The lowest BCUT2D eigenvalue weighted by atomic mass is 9.90. The van der Waals surface area contributed by atoms with E-state index in [1.165, 1.54) is 24.8 Å². The van der Waals surface area contributed by atoms with Crippen molar-refractivity contribution >= 4 is 57.4 Å². The van der Waals surface area contributed by atoms with E-state index in [9.17, 15) is 24.3 Å². The Morgan fingerprint density at radius 1 is 0.667 bits per heavy atom. The molecule has 75 heavy (non-hydrogen) atoms. The number of nitrogens with zero attached hydrogens (tertiary/aromatic N) is 6. The molecule has 4 amide bonds. The number of carboxylic acid groups (broad SMARTS) is 1. The minimum absolute atomic E-state index is 0.000140. The van der Waals surface area contributed by atoms with Gasteiger partial charge in [-0.1, -0.05) is 70.2 Å². The molecular weight excluding hydrogens is 959 g/mol. The van der Waals surface area contributed by atoms with Crippen LogP contribution in [0.15, 0.2) is 78.9 Å². The number of alkyl carbamates (subject to hydrolysis) is 1. The smallest absolute Gasteiger partial charge is 0.407 e. The minimum atomic E-state index is -1.25. The summed E-state index contributed by atoms with van der Waals surface area (Å²) in [7, 11) is 1.27. The van der Waals surface area contributed by atoms with Gasteiger partial charge in [0.05, 0.1) is 53.3 Å². The second-order valence-electron chi connectivity index (χ2n) is 21.6. The number of nitrogens with one attached hydrogen (secondary N) is 4. The van der Waals surface area contributed by atoms with Gasteiger partial charge in [0.15, 0.2) is 11.6 Å². The number of benzene rings is 4. The Kier molecular flexibility index (Phi) is 14.7. The number of aromatic amines is 2. The fourth-order valence-electron chi connectivity index (χ4n) is 12.3. The number of hydrogen-bond donors (Lipinski definition) is 5. The van der Waals surface area contributed by atoms with Crippen LogP contribution in [0.3, 0.4) is 0 Å². The van der Waals surface area contributed by atoms with Gasteiger partial charge < -0.3 is 50.0 Å². The lowest BCUT2D eigenvalue weighted by molar-refractivity contribution is -0.136. The molecule has 16 nitrogen and oxygen atoms in total. The van der Waals surface area contributed by atoms with Crippen LogP contribution in [0, 0.1) is 29.4 Å². The van der Waals surface area contributed by atoms with Crippen molar-refractivity contribution in [1.29, 1.82) is 0 Å². The number of methoxy groups -OCH3 is 1. The molecule has 4 saturated heterocycles. The molecule has 6 aromatic rings. The molecule has 0 radical (unpaired) electrons. The number of anilines is 2. The van der Waals surface area contributed by atoms with Gasteiger partial charge in [0.2, 0.25) is 11.8 Å². The van der Waals surface area contributed by atoms with Gasteiger partial charge in [-0.3, -0.25) is 9.59 Å². The summed E-state index contributed by atoms with van der Waals surface area (Å²) >= 11 is 0. The lowest BCUT2D eigenvalue weighted by Gasteiger charge is -2.36. The van der Waals surface area contributed by atoms with Crippen LogP contribution in [0.4, 0.5) is 29.7 Å². The number of carbonyl (C=O) groups is 4. The van der Waals surface area contributed by atoms with Crippen LogP contribution in [-0.4, -0.2) is 104 Å². The molecule has 0 unspecified atom stereocenters. The largest absolute Gasteiger partial charge is 0.465 e. The zero-order chi connectivity index (χ0) is 52.7. The average molecular weight is 1030 g/mol. The Balaban J connectivity index is 0.959. The summed E-state index contributed by atoms with van der Waals surface area (Å²) in [6, 6.07) is 22.4. The molecule has 396 valence electrons. The number of H-pyrrole nitrogens is 2. The summed E-state index contributed by atoms with van der Waals surface area (Å²) in [4.78, 5) is 76.1. The van der Waals surface area contributed by atoms with Crippen LogP contribution in [0.5, 0.6) is 0 Å². The summed E-state index contributed by atoms with van der Waals surface area (Å²) in [6.45, 7) is 9.50. The quantitative estimate of drug-likeness (QED) is 0.0701. The third kappa shape index (κ3) is 10.4. The fraction of sp³-hybridized carbons (Fsp3) is 0.474. The molecule has 0 saturated carbocycles. The maximum Gasteiger partial charge on any atom is 0.407 e. The van der Waals surface area contributed by atoms with Gasteiger partial charge in [-0.05, 0) is 129 Å². The summed E-state index contributed by atoms with van der Waals surface area (Å²) in [5.41, 5.74) is 6.49. The Morgan fingerprint density at radius 2 is 1.17 bits per heavy atom. The van der Waals surface area contributed by atoms with Gasteiger partial charge in [0.1, 0.15) is 29.4 Å². The molecule has 4 fully saturated rings. The third-order valence-corrected chi connectivity index (χ3v) is 16.1. The van der Waals surface area contributed by atoms with Crippen molar-refractivity contribution < 1.29 is 37.8 Å². The molecule has 4 aromatic carbocycles. The van der Waals surface area contributed by atoms with E-state index >= 15 is 8.78 Å². The maximum absolute atomic E-state index is 16.8. The molecular formula is C57H68F2N10O6. The number of halogens is 2. The predicted molar refractivity (Wildman–Crippen MR) is 282 cm³/mol. The summed E-state index contributed by atoms with van der Waals surface area (Å²) < 4.78 is 38.5. The number of fused-ring (bicyclic) bond motifs is 2. The van der Waals surface area contributed by atoms with Gasteiger partial charge in [-0.15, -0.1) is 0 Å². The van der Waals surface area contributed by atoms with Gasteiger partial charge in [-0.25, -0.2) is 28.3 Å². The number of amides is 4. The number of hydrogen-bond acceptors (Lipinski definition) is 9. The highest BCUT2D eigenvalue weighted by atomic mass is 19.1. The van der Waals surface area contributed by atoms with Crippen LogP contribution in [-0.2, 0) is 20.7 Å².